The van der Waals surface area contributed by atoms with Gasteiger partial charge >= 0.3 is 0 Å². The molecule has 8 heteroatoms. The van der Waals surface area contributed by atoms with Crippen LogP contribution in [0.3, 0.4) is 0 Å². The fourth-order valence-corrected chi connectivity index (χ4v) is 2.38. The lowest BCUT2D eigenvalue weighted by molar-refractivity contribution is 0.321. The average molecular weight is 390 g/mol. The van der Waals surface area contributed by atoms with Gasteiger partial charge in [-0.15, -0.1) is 0 Å². The highest BCUT2D eigenvalue weighted by molar-refractivity contribution is 5.79. The van der Waals surface area contributed by atoms with Gasteiger partial charge in [-0.25, -0.2) is 0 Å². The molecule has 2 aromatic rings. The molecule has 154 valence electrons. The molecule has 0 bridgehead atoms. The van der Waals surface area contributed by atoms with Gasteiger partial charge in [-0.3, -0.25) is 4.99 Å². The molecule has 1 aromatic carbocycles. The molecular formula is C20H31N5O3. The lowest BCUT2D eigenvalue weighted by Crippen LogP contribution is -2.39. The molecule has 8 nitrogen and oxygen atoms in total. The first kappa shape index (κ1) is 21.5. The zero-order valence-electron chi connectivity index (χ0n) is 17.2. The molecule has 0 atom stereocenters. The first-order chi connectivity index (χ1) is 13.6. The zero-order chi connectivity index (χ0) is 20.2. The Bertz CT molecular complexity index is 713. The van der Waals surface area contributed by atoms with E-state index in [1.807, 2.05) is 45.0 Å². The fraction of sp³-hybridized carbons (Fsp3) is 0.550. The maximum Gasteiger partial charge on any atom is 0.226 e. The number of aryl methyl sites for hydroxylation is 1. The Morgan fingerprint density at radius 2 is 1.93 bits per heavy atom. The minimum absolute atomic E-state index is 0.278. The molecule has 2 N–H and O–H groups in total. The van der Waals surface area contributed by atoms with Gasteiger partial charge in [0, 0.05) is 25.4 Å². The lowest BCUT2D eigenvalue weighted by atomic mass is 10.2. The Morgan fingerprint density at radius 1 is 1.18 bits per heavy atom. The Balaban J connectivity index is 1.68. The van der Waals surface area contributed by atoms with Crippen molar-refractivity contribution in [2.45, 2.75) is 39.5 Å². The van der Waals surface area contributed by atoms with Crippen LogP contribution < -0.4 is 20.1 Å². The van der Waals surface area contributed by atoms with Gasteiger partial charge in [-0.1, -0.05) is 19.0 Å². The van der Waals surface area contributed by atoms with Crippen LogP contribution in [0.25, 0.3) is 0 Å². The van der Waals surface area contributed by atoms with Crippen LogP contribution in [0.1, 0.15) is 44.8 Å². The molecule has 0 spiro atoms. The molecule has 0 amide bonds. The minimum Gasteiger partial charge on any atom is -0.497 e. The second-order valence-corrected chi connectivity index (χ2v) is 6.52. The summed E-state index contributed by atoms with van der Waals surface area (Å²) < 4.78 is 16.1. The first-order valence-corrected chi connectivity index (χ1v) is 9.74. The number of hydrogen-bond acceptors (Lipinski definition) is 6. The van der Waals surface area contributed by atoms with Crippen molar-refractivity contribution in [2.24, 2.45) is 4.99 Å². The van der Waals surface area contributed by atoms with Crippen LogP contribution in [0.2, 0.25) is 0 Å². The second-order valence-electron chi connectivity index (χ2n) is 6.52. The summed E-state index contributed by atoms with van der Waals surface area (Å²) >= 11 is 0. The fourth-order valence-electron chi connectivity index (χ4n) is 2.38. The van der Waals surface area contributed by atoms with Crippen LogP contribution in [0, 0.1) is 0 Å². The number of aromatic nitrogens is 2. The van der Waals surface area contributed by atoms with Gasteiger partial charge in [0.2, 0.25) is 5.89 Å². The molecule has 0 aliphatic carbocycles. The average Bonchev–Trinajstić information content (AvgIpc) is 3.18. The Labute approximate surface area is 166 Å². The zero-order valence-corrected chi connectivity index (χ0v) is 17.2. The number of methoxy groups -OCH3 is 1. The summed E-state index contributed by atoms with van der Waals surface area (Å²) in [5.41, 5.74) is 0. The number of guanidine groups is 1. The van der Waals surface area contributed by atoms with Gasteiger partial charge in [-0.2, -0.15) is 4.98 Å². The second kappa shape index (κ2) is 11.8. The van der Waals surface area contributed by atoms with E-state index < -0.39 is 0 Å². The quantitative estimate of drug-likeness (QED) is 0.347. The van der Waals surface area contributed by atoms with E-state index in [0.29, 0.717) is 25.6 Å². The summed E-state index contributed by atoms with van der Waals surface area (Å²) in [7, 11) is 1.65. The molecule has 0 aliphatic heterocycles. The van der Waals surface area contributed by atoms with E-state index in [2.05, 4.69) is 25.8 Å². The maximum atomic E-state index is 5.71. The predicted octanol–water partition coefficient (Wildman–Crippen LogP) is 2.77. The standard InChI is InChI=1S/C20H31N5O3/c1-5-21-20(22-12-6-7-18-24-19(15(2)3)25-28-18)23-13-14-27-17-10-8-16(26-4)9-11-17/h8-11,15H,5-7,12-14H2,1-4H3,(H2,21,22,23). The molecule has 0 aliphatic rings. The van der Waals surface area contributed by atoms with E-state index in [1.165, 1.54) is 0 Å². The summed E-state index contributed by atoms with van der Waals surface area (Å²) in [6.45, 7) is 8.80. The highest BCUT2D eigenvalue weighted by Crippen LogP contribution is 2.16. The van der Waals surface area contributed by atoms with Crippen LogP contribution in [0.5, 0.6) is 11.5 Å². The van der Waals surface area contributed by atoms with E-state index in [0.717, 1.165) is 42.7 Å². The highest BCUT2D eigenvalue weighted by Gasteiger charge is 2.09. The summed E-state index contributed by atoms with van der Waals surface area (Å²) in [5, 5.41) is 10.5. The summed E-state index contributed by atoms with van der Waals surface area (Å²) in [6.07, 6.45) is 1.57. The topological polar surface area (TPSA) is 93.8 Å². The summed E-state index contributed by atoms with van der Waals surface area (Å²) in [5.74, 6) is 4.10. The van der Waals surface area contributed by atoms with Crippen molar-refractivity contribution in [2.75, 3.05) is 33.4 Å². The molecule has 2 rings (SSSR count). The van der Waals surface area contributed by atoms with Crippen molar-refractivity contribution in [3.8, 4) is 11.5 Å². The first-order valence-electron chi connectivity index (χ1n) is 9.74. The number of rotatable bonds is 11. The molecule has 0 saturated heterocycles. The normalized spacial score (nSPS) is 11.5. The Hall–Kier alpha value is -2.77. The van der Waals surface area contributed by atoms with Gasteiger partial charge in [0.05, 0.1) is 13.7 Å². The Kier molecular flexibility index (Phi) is 9.10. The van der Waals surface area contributed by atoms with Crippen molar-refractivity contribution >= 4 is 5.96 Å². The van der Waals surface area contributed by atoms with Gasteiger partial charge in [0.25, 0.3) is 0 Å². The van der Waals surface area contributed by atoms with Crippen molar-refractivity contribution < 1.29 is 14.0 Å². The number of nitrogens with one attached hydrogen (secondary N) is 2. The monoisotopic (exact) mass is 389 g/mol. The molecule has 1 aromatic heterocycles. The Morgan fingerprint density at radius 3 is 2.57 bits per heavy atom. The van der Waals surface area contributed by atoms with Crippen LogP contribution in [-0.4, -0.2) is 49.5 Å². The van der Waals surface area contributed by atoms with Crippen molar-refractivity contribution in [1.82, 2.24) is 20.8 Å². The third kappa shape index (κ3) is 7.46. The smallest absolute Gasteiger partial charge is 0.226 e. The molecule has 0 saturated carbocycles. The van der Waals surface area contributed by atoms with E-state index in [4.69, 9.17) is 14.0 Å². The van der Waals surface area contributed by atoms with Crippen LogP contribution in [0.4, 0.5) is 0 Å². The number of benzene rings is 1. The lowest BCUT2D eigenvalue weighted by Gasteiger charge is -2.12. The van der Waals surface area contributed by atoms with Crippen molar-refractivity contribution in [3.63, 3.8) is 0 Å². The van der Waals surface area contributed by atoms with E-state index in [9.17, 15) is 0 Å². The highest BCUT2D eigenvalue weighted by atomic mass is 16.5. The van der Waals surface area contributed by atoms with E-state index in [1.54, 1.807) is 7.11 Å². The van der Waals surface area contributed by atoms with Crippen molar-refractivity contribution in [3.05, 3.63) is 36.0 Å². The number of hydrogen-bond donors (Lipinski definition) is 2. The molecule has 28 heavy (non-hydrogen) atoms. The maximum absolute atomic E-state index is 5.71. The molecule has 0 fully saturated rings. The largest absolute Gasteiger partial charge is 0.497 e. The SMILES string of the molecule is CCNC(=NCCCc1nc(C(C)C)no1)NCCOc1ccc(OC)cc1. The number of ether oxygens (including phenoxy) is 2. The van der Waals surface area contributed by atoms with E-state index in [-0.39, 0.29) is 5.92 Å². The van der Waals surface area contributed by atoms with Gasteiger partial charge in [-0.05, 0) is 37.6 Å². The van der Waals surface area contributed by atoms with Crippen molar-refractivity contribution in [1.29, 1.82) is 0 Å². The van der Waals surface area contributed by atoms with Gasteiger partial charge in [0.15, 0.2) is 11.8 Å². The van der Waals surface area contributed by atoms with E-state index >= 15 is 0 Å². The third-order valence-electron chi connectivity index (χ3n) is 3.89. The minimum atomic E-state index is 0.278. The summed E-state index contributed by atoms with van der Waals surface area (Å²) in [6, 6.07) is 7.53. The van der Waals surface area contributed by atoms with Crippen LogP contribution in [0.15, 0.2) is 33.8 Å². The molecule has 0 unspecified atom stereocenters. The van der Waals surface area contributed by atoms with Crippen LogP contribution in [-0.2, 0) is 6.42 Å². The third-order valence-corrected chi connectivity index (χ3v) is 3.89. The number of nitrogens with zero attached hydrogens (tertiary/aromatic N) is 3. The summed E-state index contributed by atoms with van der Waals surface area (Å²) in [4.78, 5) is 8.95. The van der Waals surface area contributed by atoms with Gasteiger partial charge in [0.1, 0.15) is 18.1 Å². The molecular weight excluding hydrogens is 358 g/mol. The molecule has 0 radical (unpaired) electrons. The van der Waals surface area contributed by atoms with Crippen LogP contribution >= 0.6 is 0 Å². The number of aliphatic imine (C=N–C) groups is 1. The predicted molar refractivity (Wildman–Crippen MR) is 109 cm³/mol. The molecule has 1 heterocycles. The van der Waals surface area contributed by atoms with Gasteiger partial charge < -0.3 is 24.6 Å².